The van der Waals surface area contributed by atoms with E-state index in [9.17, 15) is 4.39 Å². The van der Waals surface area contributed by atoms with E-state index in [2.05, 4.69) is 6.92 Å². The molecule has 0 spiro atoms. The standard InChI is InChI=1S/C12H18FN/c1-3-4-5-12(14)11-7-6-10(13)8-9(11)2/h6-8,12H,3-5,14H2,1-2H3/t12-/m0/s1. The Hall–Kier alpha value is -0.890. The summed E-state index contributed by atoms with van der Waals surface area (Å²) < 4.78 is 12.8. The quantitative estimate of drug-likeness (QED) is 0.783. The van der Waals surface area contributed by atoms with E-state index >= 15 is 0 Å². The molecular weight excluding hydrogens is 177 g/mol. The number of aryl methyl sites for hydroxylation is 1. The first-order valence-corrected chi connectivity index (χ1v) is 5.16. The minimum Gasteiger partial charge on any atom is -0.324 e. The van der Waals surface area contributed by atoms with Crippen molar-refractivity contribution in [2.75, 3.05) is 0 Å². The third kappa shape index (κ3) is 2.81. The van der Waals surface area contributed by atoms with E-state index in [1.165, 1.54) is 6.07 Å². The molecule has 1 nitrogen and oxygen atoms in total. The molecule has 0 amide bonds. The van der Waals surface area contributed by atoms with Crippen LogP contribution in [0.3, 0.4) is 0 Å². The third-order valence-corrected chi connectivity index (χ3v) is 2.50. The smallest absolute Gasteiger partial charge is 0.123 e. The minimum atomic E-state index is -0.186. The molecule has 1 atom stereocenters. The maximum atomic E-state index is 12.8. The molecule has 0 saturated carbocycles. The zero-order valence-corrected chi connectivity index (χ0v) is 8.89. The Morgan fingerprint density at radius 2 is 2.14 bits per heavy atom. The Morgan fingerprint density at radius 3 is 2.71 bits per heavy atom. The second kappa shape index (κ2) is 5.11. The van der Waals surface area contributed by atoms with Gasteiger partial charge in [0.15, 0.2) is 0 Å². The number of halogens is 1. The van der Waals surface area contributed by atoms with Gasteiger partial charge in [-0.15, -0.1) is 0 Å². The molecule has 0 heterocycles. The molecule has 0 aromatic heterocycles. The van der Waals surface area contributed by atoms with Gasteiger partial charge in [-0.05, 0) is 36.6 Å². The van der Waals surface area contributed by atoms with Crippen LogP contribution in [-0.2, 0) is 0 Å². The molecule has 2 N–H and O–H groups in total. The summed E-state index contributed by atoms with van der Waals surface area (Å²) in [6, 6.07) is 4.87. The van der Waals surface area contributed by atoms with Crippen LogP contribution in [0.4, 0.5) is 4.39 Å². The lowest BCUT2D eigenvalue weighted by atomic mass is 9.98. The SMILES string of the molecule is CCCC[C@H](N)c1ccc(F)cc1C. The van der Waals surface area contributed by atoms with Crippen molar-refractivity contribution >= 4 is 0 Å². The van der Waals surface area contributed by atoms with E-state index in [1.807, 2.05) is 6.92 Å². The average molecular weight is 195 g/mol. The zero-order chi connectivity index (χ0) is 10.6. The molecule has 0 aliphatic carbocycles. The molecule has 1 rings (SSSR count). The van der Waals surface area contributed by atoms with Gasteiger partial charge in [0.05, 0.1) is 0 Å². The van der Waals surface area contributed by atoms with E-state index in [0.29, 0.717) is 0 Å². The van der Waals surface area contributed by atoms with Crippen LogP contribution >= 0.6 is 0 Å². The fourth-order valence-corrected chi connectivity index (χ4v) is 1.63. The van der Waals surface area contributed by atoms with Crippen molar-refractivity contribution in [3.05, 3.63) is 35.1 Å². The fraction of sp³-hybridized carbons (Fsp3) is 0.500. The molecule has 0 aliphatic heterocycles. The first-order chi connectivity index (χ1) is 6.65. The van der Waals surface area contributed by atoms with Gasteiger partial charge in [-0.1, -0.05) is 25.8 Å². The molecule has 1 aromatic carbocycles. The largest absolute Gasteiger partial charge is 0.324 e. The molecule has 0 aliphatic rings. The predicted octanol–water partition coefficient (Wildman–Crippen LogP) is 3.32. The van der Waals surface area contributed by atoms with Crippen LogP contribution in [0.15, 0.2) is 18.2 Å². The number of unbranched alkanes of at least 4 members (excludes halogenated alkanes) is 1. The van der Waals surface area contributed by atoms with Crippen LogP contribution in [0.1, 0.15) is 43.4 Å². The van der Waals surface area contributed by atoms with E-state index in [-0.39, 0.29) is 11.9 Å². The monoisotopic (exact) mass is 195 g/mol. The summed E-state index contributed by atoms with van der Waals surface area (Å²) in [4.78, 5) is 0. The molecule has 0 radical (unpaired) electrons. The Morgan fingerprint density at radius 1 is 1.43 bits per heavy atom. The number of hydrogen-bond donors (Lipinski definition) is 1. The number of nitrogens with two attached hydrogens (primary N) is 1. The number of benzene rings is 1. The number of hydrogen-bond acceptors (Lipinski definition) is 1. The first kappa shape index (κ1) is 11.2. The van der Waals surface area contributed by atoms with Gasteiger partial charge in [-0.25, -0.2) is 4.39 Å². The summed E-state index contributed by atoms with van der Waals surface area (Å²) in [5.41, 5.74) is 8.03. The van der Waals surface area contributed by atoms with Crippen molar-refractivity contribution < 1.29 is 4.39 Å². The Kier molecular flexibility index (Phi) is 4.08. The third-order valence-electron chi connectivity index (χ3n) is 2.50. The van der Waals surface area contributed by atoms with Gasteiger partial charge in [0.25, 0.3) is 0 Å². The highest BCUT2D eigenvalue weighted by atomic mass is 19.1. The lowest BCUT2D eigenvalue weighted by Gasteiger charge is -2.14. The van der Waals surface area contributed by atoms with Crippen molar-refractivity contribution in [1.82, 2.24) is 0 Å². The van der Waals surface area contributed by atoms with Gasteiger partial charge in [-0.2, -0.15) is 0 Å². The molecule has 1 aromatic rings. The molecule has 0 saturated heterocycles. The predicted molar refractivity (Wildman–Crippen MR) is 57.6 cm³/mol. The first-order valence-electron chi connectivity index (χ1n) is 5.16. The lowest BCUT2D eigenvalue weighted by molar-refractivity contribution is 0.593. The molecule has 0 fully saturated rings. The van der Waals surface area contributed by atoms with Crippen LogP contribution in [-0.4, -0.2) is 0 Å². The fourth-order valence-electron chi connectivity index (χ4n) is 1.63. The highest BCUT2D eigenvalue weighted by Gasteiger charge is 2.08. The Bertz CT molecular complexity index is 296. The molecule has 2 heteroatoms. The van der Waals surface area contributed by atoms with Crippen molar-refractivity contribution in [2.45, 2.75) is 39.2 Å². The van der Waals surface area contributed by atoms with Crippen LogP contribution in [0, 0.1) is 12.7 Å². The van der Waals surface area contributed by atoms with Gasteiger partial charge < -0.3 is 5.73 Å². The maximum absolute atomic E-state index is 12.8. The van der Waals surface area contributed by atoms with E-state index < -0.39 is 0 Å². The van der Waals surface area contributed by atoms with Crippen LogP contribution in [0.25, 0.3) is 0 Å². The van der Waals surface area contributed by atoms with E-state index in [0.717, 1.165) is 30.4 Å². The van der Waals surface area contributed by atoms with Crippen molar-refractivity contribution in [3.8, 4) is 0 Å². The summed E-state index contributed by atoms with van der Waals surface area (Å²) in [5, 5.41) is 0. The van der Waals surface area contributed by atoms with Gasteiger partial charge in [-0.3, -0.25) is 0 Å². The van der Waals surface area contributed by atoms with Gasteiger partial charge >= 0.3 is 0 Å². The van der Waals surface area contributed by atoms with Crippen molar-refractivity contribution in [3.63, 3.8) is 0 Å². The molecule has 0 bridgehead atoms. The molecule has 14 heavy (non-hydrogen) atoms. The number of rotatable bonds is 4. The second-order valence-corrected chi connectivity index (χ2v) is 3.75. The lowest BCUT2D eigenvalue weighted by Crippen LogP contribution is -2.11. The van der Waals surface area contributed by atoms with Crippen LogP contribution in [0.2, 0.25) is 0 Å². The average Bonchev–Trinajstić information content (AvgIpc) is 2.14. The summed E-state index contributed by atoms with van der Waals surface area (Å²) in [6.45, 7) is 4.05. The second-order valence-electron chi connectivity index (χ2n) is 3.75. The van der Waals surface area contributed by atoms with Crippen molar-refractivity contribution in [2.24, 2.45) is 5.73 Å². The maximum Gasteiger partial charge on any atom is 0.123 e. The van der Waals surface area contributed by atoms with Gasteiger partial charge in [0.2, 0.25) is 0 Å². The summed E-state index contributed by atoms with van der Waals surface area (Å²) >= 11 is 0. The summed E-state index contributed by atoms with van der Waals surface area (Å²) in [7, 11) is 0. The van der Waals surface area contributed by atoms with Crippen LogP contribution < -0.4 is 5.73 Å². The summed E-state index contributed by atoms with van der Waals surface area (Å²) in [6.07, 6.45) is 3.24. The topological polar surface area (TPSA) is 26.0 Å². The Labute approximate surface area is 85.1 Å². The van der Waals surface area contributed by atoms with E-state index in [1.54, 1.807) is 12.1 Å². The van der Waals surface area contributed by atoms with Gasteiger partial charge in [0.1, 0.15) is 5.82 Å². The highest BCUT2D eigenvalue weighted by Crippen LogP contribution is 2.20. The van der Waals surface area contributed by atoms with Crippen molar-refractivity contribution in [1.29, 1.82) is 0 Å². The van der Waals surface area contributed by atoms with E-state index in [4.69, 9.17) is 5.73 Å². The summed E-state index contributed by atoms with van der Waals surface area (Å²) in [5.74, 6) is -0.186. The van der Waals surface area contributed by atoms with Gasteiger partial charge in [0, 0.05) is 6.04 Å². The molecule has 78 valence electrons. The Balaban J connectivity index is 2.74. The van der Waals surface area contributed by atoms with Crippen LogP contribution in [0.5, 0.6) is 0 Å². The molecule has 0 unspecified atom stereocenters. The normalized spacial score (nSPS) is 12.9. The minimum absolute atomic E-state index is 0.0514. The highest BCUT2D eigenvalue weighted by molar-refractivity contribution is 5.29. The zero-order valence-electron chi connectivity index (χ0n) is 8.89. The molecular formula is C12H18FN.